The number of hydrogen-bond donors (Lipinski definition) is 0. The number of hydrogen-bond acceptors (Lipinski definition) is 1. The first-order valence-electron chi connectivity index (χ1n) is 8.46. The SMILES string of the molecule is CC(C)C1=C2CCCCCCCCCCC2CC1=O. The molecule has 0 aliphatic heterocycles. The van der Waals surface area contributed by atoms with E-state index in [1.54, 1.807) is 5.57 Å². The summed E-state index contributed by atoms with van der Waals surface area (Å²) in [6, 6.07) is 0. The number of ketones is 1. The van der Waals surface area contributed by atoms with Gasteiger partial charge in [0.15, 0.2) is 5.78 Å². The topological polar surface area (TPSA) is 17.1 Å². The summed E-state index contributed by atoms with van der Waals surface area (Å²) < 4.78 is 0. The lowest BCUT2D eigenvalue weighted by Crippen LogP contribution is -2.04. The molecule has 0 radical (unpaired) electrons. The molecule has 2 aliphatic rings. The van der Waals surface area contributed by atoms with Crippen molar-refractivity contribution in [1.29, 1.82) is 0 Å². The predicted molar refractivity (Wildman–Crippen MR) is 81.1 cm³/mol. The molecule has 108 valence electrons. The van der Waals surface area contributed by atoms with E-state index in [0.29, 0.717) is 17.6 Å². The van der Waals surface area contributed by atoms with E-state index in [1.807, 2.05) is 0 Å². The smallest absolute Gasteiger partial charge is 0.159 e. The molecule has 0 aromatic rings. The first kappa shape index (κ1) is 14.8. The molecule has 0 aromatic carbocycles. The maximum atomic E-state index is 12.3. The van der Waals surface area contributed by atoms with Crippen LogP contribution in [-0.4, -0.2) is 5.78 Å². The molecule has 0 saturated heterocycles. The Labute approximate surface area is 118 Å². The molecule has 0 heterocycles. The van der Waals surface area contributed by atoms with Gasteiger partial charge in [-0.1, -0.05) is 64.4 Å². The minimum atomic E-state index is 0.431. The summed E-state index contributed by atoms with van der Waals surface area (Å²) in [6.45, 7) is 4.39. The molecular weight excluding hydrogens is 232 g/mol. The maximum absolute atomic E-state index is 12.3. The van der Waals surface area contributed by atoms with Gasteiger partial charge in [0, 0.05) is 6.42 Å². The third-order valence-corrected chi connectivity index (χ3v) is 4.90. The van der Waals surface area contributed by atoms with Crippen LogP contribution in [0.1, 0.15) is 84.5 Å². The number of allylic oxidation sites excluding steroid dienone is 2. The lowest BCUT2D eigenvalue weighted by Gasteiger charge is -2.17. The Bertz CT molecular complexity index is 338. The Kier molecular flexibility index (Phi) is 5.66. The lowest BCUT2D eigenvalue weighted by molar-refractivity contribution is -0.115. The van der Waals surface area contributed by atoms with E-state index < -0.39 is 0 Å². The third-order valence-electron chi connectivity index (χ3n) is 4.90. The van der Waals surface area contributed by atoms with Crippen LogP contribution in [0.25, 0.3) is 0 Å². The fraction of sp³-hybridized carbons (Fsp3) is 0.833. The van der Waals surface area contributed by atoms with Crippen molar-refractivity contribution in [1.82, 2.24) is 0 Å². The van der Waals surface area contributed by atoms with Crippen LogP contribution < -0.4 is 0 Å². The first-order valence-corrected chi connectivity index (χ1v) is 8.46. The highest BCUT2D eigenvalue weighted by Gasteiger charge is 2.32. The molecular formula is C18H30O. The summed E-state index contributed by atoms with van der Waals surface area (Å²) in [6.07, 6.45) is 14.3. The standard InChI is InChI=1S/C18H30O/c1-14(2)18-16-12-10-8-6-4-3-5-7-9-11-15(16)13-17(18)19/h14-15H,3-13H2,1-2H3. The molecule has 0 bridgehead atoms. The van der Waals surface area contributed by atoms with E-state index in [1.165, 1.54) is 69.8 Å². The zero-order valence-corrected chi connectivity index (χ0v) is 12.8. The van der Waals surface area contributed by atoms with Crippen LogP contribution in [0, 0.1) is 11.8 Å². The van der Waals surface area contributed by atoms with Crippen LogP contribution in [0.5, 0.6) is 0 Å². The van der Waals surface area contributed by atoms with Gasteiger partial charge in [0.25, 0.3) is 0 Å². The second-order valence-electron chi connectivity index (χ2n) is 6.78. The van der Waals surface area contributed by atoms with Crippen molar-refractivity contribution in [3.05, 3.63) is 11.1 Å². The molecule has 1 fully saturated rings. The predicted octanol–water partition coefficient (Wildman–Crippen LogP) is 5.44. The van der Waals surface area contributed by atoms with E-state index >= 15 is 0 Å². The van der Waals surface area contributed by atoms with Gasteiger partial charge in [0.05, 0.1) is 0 Å². The Morgan fingerprint density at radius 1 is 0.895 bits per heavy atom. The van der Waals surface area contributed by atoms with Gasteiger partial charge in [-0.3, -0.25) is 4.79 Å². The second-order valence-corrected chi connectivity index (χ2v) is 6.78. The number of Topliss-reactive ketones (excluding diaryl/α,β-unsaturated/α-hetero) is 1. The Hall–Kier alpha value is -0.590. The maximum Gasteiger partial charge on any atom is 0.159 e. The molecule has 0 amide bonds. The average Bonchev–Trinajstić information content (AvgIpc) is 2.65. The van der Waals surface area contributed by atoms with E-state index in [9.17, 15) is 4.79 Å². The summed E-state index contributed by atoms with van der Waals surface area (Å²) in [5, 5.41) is 0. The zero-order valence-electron chi connectivity index (χ0n) is 12.8. The normalized spacial score (nSPS) is 27.1. The van der Waals surface area contributed by atoms with Crippen molar-refractivity contribution in [2.24, 2.45) is 11.8 Å². The number of carbonyl (C=O) groups excluding carboxylic acids is 1. The summed E-state index contributed by atoms with van der Waals surface area (Å²) in [4.78, 5) is 12.3. The van der Waals surface area contributed by atoms with Crippen LogP contribution in [0.15, 0.2) is 11.1 Å². The Morgan fingerprint density at radius 3 is 2.11 bits per heavy atom. The van der Waals surface area contributed by atoms with E-state index in [4.69, 9.17) is 0 Å². The van der Waals surface area contributed by atoms with E-state index in [0.717, 1.165) is 6.42 Å². The highest BCUT2D eigenvalue weighted by Crippen LogP contribution is 2.39. The molecule has 1 saturated carbocycles. The molecule has 1 nitrogen and oxygen atoms in total. The molecule has 2 aliphatic carbocycles. The van der Waals surface area contributed by atoms with E-state index in [2.05, 4.69) is 13.8 Å². The highest BCUT2D eigenvalue weighted by atomic mass is 16.1. The fourth-order valence-corrected chi connectivity index (χ4v) is 3.93. The van der Waals surface area contributed by atoms with Crippen molar-refractivity contribution in [2.45, 2.75) is 84.5 Å². The number of fused-ring (bicyclic) bond motifs is 1. The van der Waals surface area contributed by atoms with Crippen LogP contribution in [0.2, 0.25) is 0 Å². The van der Waals surface area contributed by atoms with Crippen LogP contribution in [0.3, 0.4) is 0 Å². The van der Waals surface area contributed by atoms with Gasteiger partial charge < -0.3 is 0 Å². The van der Waals surface area contributed by atoms with Crippen molar-refractivity contribution < 1.29 is 4.79 Å². The number of carbonyl (C=O) groups is 1. The van der Waals surface area contributed by atoms with Gasteiger partial charge in [-0.15, -0.1) is 0 Å². The third kappa shape index (κ3) is 3.94. The molecule has 1 unspecified atom stereocenters. The molecule has 19 heavy (non-hydrogen) atoms. The average molecular weight is 262 g/mol. The molecule has 0 N–H and O–H groups in total. The monoisotopic (exact) mass is 262 g/mol. The van der Waals surface area contributed by atoms with Gasteiger partial charge in [0.2, 0.25) is 0 Å². The molecule has 1 atom stereocenters. The summed E-state index contributed by atoms with van der Waals surface area (Å²) in [7, 11) is 0. The van der Waals surface area contributed by atoms with Crippen molar-refractivity contribution in [2.75, 3.05) is 0 Å². The summed E-state index contributed by atoms with van der Waals surface area (Å²) in [5.74, 6) is 1.50. The van der Waals surface area contributed by atoms with Gasteiger partial charge in [-0.2, -0.15) is 0 Å². The van der Waals surface area contributed by atoms with Gasteiger partial charge >= 0.3 is 0 Å². The largest absolute Gasteiger partial charge is 0.295 e. The highest BCUT2D eigenvalue weighted by molar-refractivity contribution is 5.99. The molecule has 0 spiro atoms. The lowest BCUT2D eigenvalue weighted by atomic mass is 9.88. The van der Waals surface area contributed by atoms with Crippen LogP contribution >= 0.6 is 0 Å². The first-order chi connectivity index (χ1) is 9.20. The summed E-state index contributed by atoms with van der Waals surface area (Å²) in [5.41, 5.74) is 2.77. The van der Waals surface area contributed by atoms with Gasteiger partial charge in [-0.05, 0) is 36.7 Å². The fourth-order valence-electron chi connectivity index (χ4n) is 3.93. The summed E-state index contributed by atoms with van der Waals surface area (Å²) >= 11 is 0. The Morgan fingerprint density at radius 2 is 1.47 bits per heavy atom. The van der Waals surface area contributed by atoms with Crippen molar-refractivity contribution >= 4 is 5.78 Å². The van der Waals surface area contributed by atoms with Gasteiger partial charge in [-0.25, -0.2) is 0 Å². The quantitative estimate of drug-likeness (QED) is 0.614. The minimum Gasteiger partial charge on any atom is -0.295 e. The van der Waals surface area contributed by atoms with Crippen molar-refractivity contribution in [3.63, 3.8) is 0 Å². The van der Waals surface area contributed by atoms with Crippen LogP contribution in [-0.2, 0) is 4.79 Å². The zero-order chi connectivity index (χ0) is 13.7. The molecule has 1 heteroatoms. The number of rotatable bonds is 1. The van der Waals surface area contributed by atoms with Gasteiger partial charge in [0.1, 0.15) is 0 Å². The molecule has 0 aromatic heterocycles. The second kappa shape index (κ2) is 7.26. The molecule has 2 rings (SSSR count). The van der Waals surface area contributed by atoms with E-state index in [-0.39, 0.29) is 0 Å². The minimum absolute atomic E-state index is 0.431. The Balaban J connectivity index is 2.09. The van der Waals surface area contributed by atoms with Crippen molar-refractivity contribution in [3.8, 4) is 0 Å². The van der Waals surface area contributed by atoms with Crippen LogP contribution in [0.4, 0.5) is 0 Å².